The number of hydrogen-bond acceptors (Lipinski definition) is 3. The van der Waals surface area contributed by atoms with E-state index in [2.05, 4.69) is 34.6 Å². The Bertz CT molecular complexity index is 214. The summed E-state index contributed by atoms with van der Waals surface area (Å²) in [5, 5.41) is 9.62. The summed E-state index contributed by atoms with van der Waals surface area (Å²) in [7, 11) is 1.74. The van der Waals surface area contributed by atoms with Crippen molar-refractivity contribution < 1.29 is 14.6 Å². The van der Waals surface area contributed by atoms with Gasteiger partial charge in [0.15, 0.2) is 0 Å². The fraction of sp³-hybridized carbons (Fsp3) is 1.00. The molecule has 0 aromatic rings. The summed E-state index contributed by atoms with van der Waals surface area (Å²) in [6, 6.07) is 0. The zero-order valence-corrected chi connectivity index (χ0v) is 13.3. The van der Waals surface area contributed by atoms with Gasteiger partial charge in [-0.3, -0.25) is 0 Å². The number of rotatable bonds is 8. The van der Waals surface area contributed by atoms with Gasteiger partial charge in [-0.2, -0.15) is 0 Å². The second-order valence-corrected chi connectivity index (χ2v) is 6.09. The highest BCUT2D eigenvalue weighted by Gasteiger charge is 2.33. The van der Waals surface area contributed by atoms with Crippen molar-refractivity contribution in [1.82, 2.24) is 0 Å². The normalized spacial score (nSPS) is 20.8. The van der Waals surface area contributed by atoms with Crippen molar-refractivity contribution in [3.05, 3.63) is 0 Å². The third-order valence-electron chi connectivity index (χ3n) is 3.87. The average Bonchev–Trinajstić information content (AvgIpc) is 2.26. The average molecular weight is 260 g/mol. The summed E-state index contributed by atoms with van der Waals surface area (Å²) < 4.78 is 11.7. The summed E-state index contributed by atoms with van der Waals surface area (Å²) in [6.45, 7) is 14.5. The maximum Gasteiger partial charge on any atom is 0.0871 e. The molecule has 0 spiro atoms. The molecule has 0 radical (unpaired) electrons. The largest absolute Gasteiger partial charge is 0.391 e. The quantitative estimate of drug-likeness (QED) is 0.729. The van der Waals surface area contributed by atoms with Crippen LogP contribution in [0.5, 0.6) is 0 Å². The van der Waals surface area contributed by atoms with Crippen molar-refractivity contribution in [3.63, 3.8) is 0 Å². The Morgan fingerprint density at radius 3 is 1.56 bits per heavy atom. The SMILES string of the molecule is COC(C(C)C)C(OC(C)C(C)O)C(C)C(C)C. The molecule has 5 atom stereocenters. The van der Waals surface area contributed by atoms with Crippen molar-refractivity contribution >= 4 is 0 Å². The van der Waals surface area contributed by atoms with Gasteiger partial charge >= 0.3 is 0 Å². The van der Waals surface area contributed by atoms with E-state index in [9.17, 15) is 5.11 Å². The Labute approximate surface area is 113 Å². The first-order chi connectivity index (χ1) is 8.22. The molecule has 0 rings (SSSR count). The summed E-state index contributed by atoms with van der Waals surface area (Å²) in [5.74, 6) is 1.30. The van der Waals surface area contributed by atoms with Gasteiger partial charge in [-0.1, -0.05) is 34.6 Å². The fourth-order valence-electron chi connectivity index (χ4n) is 2.03. The second-order valence-electron chi connectivity index (χ2n) is 6.09. The van der Waals surface area contributed by atoms with Crippen LogP contribution in [-0.2, 0) is 9.47 Å². The lowest BCUT2D eigenvalue weighted by Gasteiger charge is -2.37. The van der Waals surface area contributed by atoms with Crippen molar-refractivity contribution in [2.75, 3.05) is 7.11 Å². The number of aliphatic hydroxyl groups is 1. The van der Waals surface area contributed by atoms with E-state index in [1.54, 1.807) is 14.0 Å². The molecular formula is C15H32O3. The zero-order valence-electron chi connectivity index (χ0n) is 13.3. The first kappa shape index (κ1) is 17.9. The molecule has 18 heavy (non-hydrogen) atoms. The van der Waals surface area contributed by atoms with Crippen LogP contribution in [0.15, 0.2) is 0 Å². The summed E-state index contributed by atoms with van der Waals surface area (Å²) in [5.41, 5.74) is 0. The lowest BCUT2D eigenvalue weighted by molar-refractivity contribution is -0.149. The molecule has 0 aliphatic rings. The molecule has 1 N–H and O–H groups in total. The highest BCUT2D eigenvalue weighted by molar-refractivity contribution is 4.81. The summed E-state index contributed by atoms with van der Waals surface area (Å²) in [4.78, 5) is 0. The van der Waals surface area contributed by atoms with E-state index in [0.29, 0.717) is 17.8 Å². The van der Waals surface area contributed by atoms with Gasteiger partial charge in [-0.15, -0.1) is 0 Å². The van der Waals surface area contributed by atoms with Crippen LogP contribution in [0.2, 0.25) is 0 Å². The lowest BCUT2D eigenvalue weighted by atomic mass is 9.85. The molecule has 0 fully saturated rings. The van der Waals surface area contributed by atoms with Gasteiger partial charge in [0, 0.05) is 7.11 Å². The second kappa shape index (κ2) is 8.13. The Balaban J connectivity index is 4.92. The fourth-order valence-corrected chi connectivity index (χ4v) is 2.03. The summed E-state index contributed by atoms with van der Waals surface area (Å²) >= 11 is 0. The zero-order chi connectivity index (χ0) is 14.5. The molecule has 0 saturated carbocycles. The minimum absolute atomic E-state index is 0.0135. The van der Waals surface area contributed by atoms with Crippen LogP contribution in [0.1, 0.15) is 48.5 Å². The Kier molecular flexibility index (Phi) is 8.08. The van der Waals surface area contributed by atoms with Crippen molar-refractivity contribution in [2.24, 2.45) is 17.8 Å². The number of ether oxygens (including phenoxy) is 2. The third-order valence-corrected chi connectivity index (χ3v) is 3.87. The van der Waals surface area contributed by atoms with Gasteiger partial charge in [-0.25, -0.2) is 0 Å². The molecule has 5 unspecified atom stereocenters. The van der Waals surface area contributed by atoms with Gasteiger partial charge in [0.2, 0.25) is 0 Å². The highest BCUT2D eigenvalue weighted by Crippen LogP contribution is 2.27. The molecule has 0 saturated heterocycles. The Morgan fingerprint density at radius 2 is 1.28 bits per heavy atom. The van der Waals surface area contributed by atoms with Gasteiger partial charge in [0.1, 0.15) is 0 Å². The highest BCUT2D eigenvalue weighted by atomic mass is 16.5. The molecular weight excluding hydrogens is 228 g/mol. The first-order valence-electron chi connectivity index (χ1n) is 7.08. The van der Waals surface area contributed by atoms with Crippen LogP contribution in [0.4, 0.5) is 0 Å². The summed E-state index contributed by atoms with van der Waals surface area (Å²) in [6.07, 6.45) is -0.563. The van der Waals surface area contributed by atoms with Crippen LogP contribution in [-0.4, -0.2) is 36.6 Å². The van der Waals surface area contributed by atoms with E-state index in [4.69, 9.17) is 9.47 Å². The van der Waals surface area contributed by atoms with E-state index < -0.39 is 6.10 Å². The molecule has 0 aliphatic heterocycles. The molecule has 0 amide bonds. The van der Waals surface area contributed by atoms with Gasteiger partial charge < -0.3 is 14.6 Å². The predicted octanol–water partition coefficient (Wildman–Crippen LogP) is 3.10. The van der Waals surface area contributed by atoms with Gasteiger partial charge in [0.05, 0.1) is 24.4 Å². The van der Waals surface area contributed by atoms with Crippen LogP contribution in [0, 0.1) is 17.8 Å². The monoisotopic (exact) mass is 260 g/mol. The van der Waals surface area contributed by atoms with Gasteiger partial charge in [-0.05, 0) is 31.6 Å². The van der Waals surface area contributed by atoms with E-state index in [1.165, 1.54) is 0 Å². The van der Waals surface area contributed by atoms with Crippen molar-refractivity contribution in [1.29, 1.82) is 0 Å². The van der Waals surface area contributed by atoms with Crippen molar-refractivity contribution in [2.45, 2.75) is 72.9 Å². The van der Waals surface area contributed by atoms with Crippen LogP contribution < -0.4 is 0 Å². The molecule has 0 aliphatic carbocycles. The molecule has 0 bridgehead atoms. The first-order valence-corrected chi connectivity index (χ1v) is 7.08. The Morgan fingerprint density at radius 1 is 0.778 bits per heavy atom. The van der Waals surface area contributed by atoms with Crippen LogP contribution >= 0.6 is 0 Å². The number of hydrogen-bond donors (Lipinski definition) is 1. The van der Waals surface area contributed by atoms with Crippen LogP contribution in [0.25, 0.3) is 0 Å². The van der Waals surface area contributed by atoms with E-state index >= 15 is 0 Å². The Hall–Kier alpha value is -0.120. The molecule has 3 heteroatoms. The molecule has 0 aromatic heterocycles. The van der Waals surface area contributed by atoms with Gasteiger partial charge in [0.25, 0.3) is 0 Å². The van der Waals surface area contributed by atoms with Crippen LogP contribution in [0.3, 0.4) is 0 Å². The standard InChI is InChI=1S/C15H32O3/c1-9(2)11(5)15(14(17-8)10(3)4)18-13(7)12(6)16/h9-16H,1-8H3. The van der Waals surface area contributed by atoms with E-state index in [-0.39, 0.29) is 18.3 Å². The van der Waals surface area contributed by atoms with Crippen molar-refractivity contribution in [3.8, 4) is 0 Å². The van der Waals surface area contributed by atoms with E-state index in [0.717, 1.165) is 0 Å². The van der Waals surface area contributed by atoms with E-state index in [1.807, 2.05) is 6.92 Å². The lowest BCUT2D eigenvalue weighted by Crippen LogP contribution is -2.44. The minimum Gasteiger partial charge on any atom is -0.391 e. The molecule has 3 nitrogen and oxygen atoms in total. The number of methoxy groups -OCH3 is 1. The molecule has 0 heterocycles. The molecule has 110 valence electrons. The topological polar surface area (TPSA) is 38.7 Å². The maximum absolute atomic E-state index is 9.62. The maximum atomic E-state index is 9.62. The smallest absolute Gasteiger partial charge is 0.0871 e. The molecule has 0 aromatic carbocycles. The number of aliphatic hydroxyl groups excluding tert-OH is 1. The third kappa shape index (κ3) is 5.25. The minimum atomic E-state index is -0.462. The predicted molar refractivity (Wildman–Crippen MR) is 75.7 cm³/mol.